The first-order chi connectivity index (χ1) is 4.34. The van der Waals surface area contributed by atoms with Crippen molar-refractivity contribution in [2.24, 2.45) is 0 Å². The van der Waals surface area contributed by atoms with Crippen LogP contribution in [0.15, 0.2) is 11.8 Å². The Balaban J connectivity index is 2.75. The number of amides is 1. The van der Waals surface area contributed by atoms with E-state index in [-0.39, 0.29) is 11.5 Å². The van der Waals surface area contributed by atoms with Gasteiger partial charge in [-0.25, -0.2) is 0 Å². The largest absolute Gasteiger partial charge is 0.373 e. The number of carbonyl (C=O) groups is 2. The second kappa shape index (κ2) is 2.30. The summed E-state index contributed by atoms with van der Waals surface area (Å²) in [6.07, 6.45) is 1.91. The zero-order valence-corrected chi connectivity index (χ0v) is 4.68. The van der Waals surface area contributed by atoms with E-state index < -0.39 is 0 Å². The fraction of sp³-hybridized carbons (Fsp3) is 0.200. The average molecular weight is 126 g/mol. The van der Waals surface area contributed by atoms with Crippen molar-refractivity contribution in [3.63, 3.8) is 0 Å². The lowest BCUT2D eigenvalue weighted by Gasteiger charge is -2.09. The molecule has 4 heteroatoms. The van der Waals surface area contributed by atoms with E-state index in [2.05, 4.69) is 10.6 Å². The first kappa shape index (κ1) is 5.81. The summed E-state index contributed by atoms with van der Waals surface area (Å²) < 4.78 is 0. The van der Waals surface area contributed by atoms with Gasteiger partial charge in [0.15, 0.2) is 6.29 Å². The molecule has 0 atom stereocenters. The first-order valence-electron chi connectivity index (χ1n) is 2.51. The van der Waals surface area contributed by atoms with Crippen molar-refractivity contribution < 1.29 is 9.59 Å². The van der Waals surface area contributed by atoms with Gasteiger partial charge in [0.05, 0.1) is 12.2 Å². The van der Waals surface area contributed by atoms with Crippen LogP contribution in [0.4, 0.5) is 0 Å². The maximum Gasteiger partial charge on any atom is 0.257 e. The Labute approximate surface area is 51.9 Å². The summed E-state index contributed by atoms with van der Waals surface area (Å²) in [7, 11) is 0. The fourth-order valence-corrected chi connectivity index (χ4v) is 0.547. The molecular formula is C5H6N2O2. The molecule has 9 heavy (non-hydrogen) atoms. The molecule has 0 aromatic heterocycles. The summed E-state index contributed by atoms with van der Waals surface area (Å²) in [5.41, 5.74) is 0.140. The van der Waals surface area contributed by atoms with Gasteiger partial charge in [-0.1, -0.05) is 0 Å². The first-order valence-corrected chi connectivity index (χ1v) is 2.51. The van der Waals surface area contributed by atoms with Crippen LogP contribution in [0, 0.1) is 0 Å². The Morgan fingerprint density at radius 3 is 2.89 bits per heavy atom. The van der Waals surface area contributed by atoms with Crippen LogP contribution in [0.3, 0.4) is 0 Å². The molecule has 1 aliphatic heterocycles. The second-order valence-corrected chi connectivity index (χ2v) is 1.60. The summed E-state index contributed by atoms with van der Waals surface area (Å²) in [6, 6.07) is 0. The normalized spacial score (nSPS) is 17.3. The van der Waals surface area contributed by atoms with Crippen LogP contribution in [0.25, 0.3) is 0 Å². The molecule has 0 fully saturated rings. The molecule has 1 amide bonds. The Morgan fingerprint density at radius 1 is 1.67 bits per heavy atom. The highest BCUT2D eigenvalue weighted by atomic mass is 16.2. The van der Waals surface area contributed by atoms with Gasteiger partial charge in [-0.2, -0.15) is 0 Å². The summed E-state index contributed by atoms with van der Waals surface area (Å²) in [5, 5.41) is 5.12. The van der Waals surface area contributed by atoms with Gasteiger partial charge in [0.2, 0.25) is 0 Å². The predicted molar refractivity (Wildman–Crippen MR) is 30.3 cm³/mol. The topological polar surface area (TPSA) is 58.2 Å². The molecule has 0 radical (unpaired) electrons. The minimum atomic E-state index is -0.316. The maximum absolute atomic E-state index is 10.6. The van der Waals surface area contributed by atoms with Crippen molar-refractivity contribution in [1.82, 2.24) is 10.6 Å². The van der Waals surface area contributed by atoms with Gasteiger partial charge in [0.25, 0.3) is 5.91 Å². The molecule has 1 rings (SSSR count). The Hall–Kier alpha value is -1.32. The van der Waals surface area contributed by atoms with E-state index in [0.29, 0.717) is 13.0 Å². The van der Waals surface area contributed by atoms with Gasteiger partial charge in [0, 0.05) is 6.20 Å². The predicted octanol–water partition coefficient (Wildman–Crippen LogP) is -1.25. The maximum atomic E-state index is 10.6. The van der Waals surface area contributed by atoms with Crippen molar-refractivity contribution >= 4 is 12.2 Å². The standard InChI is InChI=1S/C5H6N2O2/c8-2-4-1-6-3-7-5(4)9/h1-2,6H,3H2,(H,7,9). The number of hydrogen-bond donors (Lipinski definition) is 2. The highest BCUT2D eigenvalue weighted by Crippen LogP contribution is 1.89. The zero-order chi connectivity index (χ0) is 6.69. The molecule has 0 unspecified atom stereocenters. The molecule has 48 valence electrons. The minimum Gasteiger partial charge on any atom is -0.373 e. The third kappa shape index (κ3) is 1.07. The number of nitrogens with one attached hydrogen (secondary N) is 2. The van der Waals surface area contributed by atoms with Gasteiger partial charge in [-0.3, -0.25) is 9.59 Å². The third-order valence-corrected chi connectivity index (χ3v) is 0.998. The van der Waals surface area contributed by atoms with E-state index >= 15 is 0 Å². The van der Waals surface area contributed by atoms with Crippen LogP contribution in [0.5, 0.6) is 0 Å². The molecule has 2 N–H and O–H groups in total. The van der Waals surface area contributed by atoms with Gasteiger partial charge in [-0.15, -0.1) is 0 Å². The van der Waals surface area contributed by atoms with Gasteiger partial charge < -0.3 is 10.6 Å². The zero-order valence-electron chi connectivity index (χ0n) is 4.68. The van der Waals surface area contributed by atoms with Crippen molar-refractivity contribution in [3.8, 4) is 0 Å². The molecule has 0 spiro atoms. The van der Waals surface area contributed by atoms with Crippen LogP contribution < -0.4 is 10.6 Å². The van der Waals surface area contributed by atoms with E-state index in [1.807, 2.05) is 0 Å². The Kier molecular flexibility index (Phi) is 1.48. The number of hydrogen-bond acceptors (Lipinski definition) is 3. The van der Waals surface area contributed by atoms with Gasteiger partial charge >= 0.3 is 0 Å². The van der Waals surface area contributed by atoms with E-state index in [4.69, 9.17) is 0 Å². The minimum absolute atomic E-state index is 0.140. The summed E-state index contributed by atoms with van der Waals surface area (Å²) in [5.74, 6) is -0.316. The average Bonchev–Trinajstić information content (AvgIpc) is 1.89. The summed E-state index contributed by atoms with van der Waals surface area (Å²) in [6.45, 7) is 0.399. The molecule has 4 nitrogen and oxygen atoms in total. The van der Waals surface area contributed by atoms with E-state index in [0.717, 1.165) is 0 Å². The lowest BCUT2D eigenvalue weighted by atomic mass is 10.3. The van der Waals surface area contributed by atoms with Crippen molar-refractivity contribution in [2.45, 2.75) is 0 Å². The fourth-order valence-electron chi connectivity index (χ4n) is 0.547. The molecule has 0 aromatic carbocycles. The van der Waals surface area contributed by atoms with Crippen LogP contribution in [0.1, 0.15) is 0 Å². The van der Waals surface area contributed by atoms with Crippen LogP contribution in [-0.2, 0) is 9.59 Å². The van der Waals surface area contributed by atoms with Gasteiger partial charge in [0.1, 0.15) is 0 Å². The lowest BCUT2D eigenvalue weighted by molar-refractivity contribution is -0.119. The molecule has 1 heterocycles. The Morgan fingerprint density at radius 2 is 2.44 bits per heavy atom. The SMILES string of the molecule is O=CC1=CNCNC1=O. The molecule has 0 saturated heterocycles. The van der Waals surface area contributed by atoms with E-state index in [1.54, 1.807) is 0 Å². The van der Waals surface area contributed by atoms with Crippen molar-refractivity contribution in [3.05, 3.63) is 11.8 Å². The van der Waals surface area contributed by atoms with E-state index in [1.165, 1.54) is 6.20 Å². The van der Waals surface area contributed by atoms with Crippen molar-refractivity contribution in [2.75, 3.05) is 6.67 Å². The summed E-state index contributed by atoms with van der Waals surface area (Å²) >= 11 is 0. The second-order valence-electron chi connectivity index (χ2n) is 1.60. The molecule has 0 aliphatic carbocycles. The summed E-state index contributed by atoms with van der Waals surface area (Å²) in [4.78, 5) is 20.6. The molecule has 1 aliphatic rings. The number of aldehydes is 1. The smallest absolute Gasteiger partial charge is 0.257 e. The van der Waals surface area contributed by atoms with Crippen LogP contribution in [0.2, 0.25) is 0 Å². The molecule has 0 bridgehead atoms. The third-order valence-electron chi connectivity index (χ3n) is 0.998. The quantitative estimate of drug-likeness (QED) is 0.341. The monoisotopic (exact) mass is 126 g/mol. The lowest BCUT2D eigenvalue weighted by Crippen LogP contribution is -2.37. The molecule has 0 saturated carbocycles. The molecule has 0 aromatic rings. The number of carbonyl (C=O) groups excluding carboxylic acids is 2. The van der Waals surface area contributed by atoms with Gasteiger partial charge in [-0.05, 0) is 0 Å². The van der Waals surface area contributed by atoms with E-state index in [9.17, 15) is 9.59 Å². The molecular weight excluding hydrogens is 120 g/mol. The highest BCUT2D eigenvalue weighted by molar-refractivity contribution is 6.10. The van der Waals surface area contributed by atoms with Crippen LogP contribution >= 0.6 is 0 Å². The van der Waals surface area contributed by atoms with Crippen molar-refractivity contribution in [1.29, 1.82) is 0 Å². The Bertz CT molecular complexity index is 174. The van der Waals surface area contributed by atoms with Crippen LogP contribution in [-0.4, -0.2) is 18.9 Å². The highest BCUT2D eigenvalue weighted by Gasteiger charge is 2.09. The number of rotatable bonds is 1.